The number of thiazole rings is 1. The number of hydrogen-bond acceptors (Lipinski definition) is 7. The third-order valence-corrected chi connectivity index (χ3v) is 5.11. The quantitative estimate of drug-likeness (QED) is 0.631. The molecule has 27 heavy (non-hydrogen) atoms. The first-order valence-corrected chi connectivity index (χ1v) is 10.3. The Balaban J connectivity index is 1.78. The van der Waals surface area contributed by atoms with Gasteiger partial charge in [0.25, 0.3) is 5.91 Å². The van der Waals surface area contributed by atoms with Crippen LogP contribution in [-0.2, 0) is 14.8 Å². The van der Waals surface area contributed by atoms with Crippen molar-refractivity contribution in [2.45, 2.75) is 0 Å². The highest BCUT2D eigenvalue weighted by Crippen LogP contribution is 2.27. The van der Waals surface area contributed by atoms with Crippen molar-refractivity contribution >= 4 is 54.3 Å². The molecule has 2 aromatic carbocycles. The zero-order valence-corrected chi connectivity index (χ0v) is 16.0. The number of hydrogen-bond donors (Lipinski definition) is 2. The first-order valence-electron chi connectivity index (χ1n) is 7.63. The molecular weight excluding hydrogens is 390 g/mol. The molecule has 0 saturated carbocycles. The molecule has 1 heterocycles. The number of esters is 1. The summed E-state index contributed by atoms with van der Waals surface area (Å²) in [6.45, 7) is 0. The SMILES string of the molecule is COC(=O)c1ccc(NC(=O)c2ccc3nc(NS(C)(=O)=O)sc3c2)cc1. The lowest BCUT2D eigenvalue weighted by molar-refractivity contribution is 0.0600. The molecule has 140 valence electrons. The summed E-state index contributed by atoms with van der Waals surface area (Å²) in [6, 6.07) is 11.2. The van der Waals surface area contributed by atoms with E-state index in [2.05, 4.69) is 19.8 Å². The van der Waals surface area contributed by atoms with Gasteiger partial charge in [-0.2, -0.15) is 0 Å². The monoisotopic (exact) mass is 405 g/mol. The van der Waals surface area contributed by atoms with E-state index in [0.29, 0.717) is 27.0 Å². The van der Waals surface area contributed by atoms with Crippen LogP contribution < -0.4 is 10.0 Å². The molecule has 1 amide bonds. The third kappa shape index (κ3) is 4.60. The third-order valence-electron chi connectivity index (χ3n) is 3.49. The summed E-state index contributed by atoms with van der Waals surface area (Å²) in [5.74, 6) is -0.796. The number of benzene rings is 2. The molecular formula is C17H15N3O5S2. The molecule has 0 spiro atoms. The van der Waals surface area contributed by atoms with Crippen LogP contribution in [0.1, 0.15) is 20.7 Å². The average Bonchev–Trinajstić information content (AvgIpc) is 3.00. The number of rotatable bonds is 5. The maximum atomic E-state index is 12.4. The topological polar surface area (TPSA) is 114 Å². The highest BCUT2D eigenvalue weighted by molar-refractivity contribution is 7.92. The second kappa shape index (κ2) is 7.33. The fourth-order valence-electron chi connectivity index (χ4n) is 2.28. The normalized spacial score (nSPS) is 11.2. The molecule has 0 bridgehead atoms. The van der Waals surface area contributed by atoms with Gasteiger partial charge in [0.05, 0.1) is 29.1 Å². The van der Waals surface area contributed by atoms with Crippen molar-refractivity contribution in [3.63, 3.8) is 0 Å². The molecule has 0 atom stereocenters. The van der Waals surface area contributed by atoms with Gasteiger partial charge in [-0.05, 0) is 42.5 Å². The Morgan fingerprint density at radius 2 is 1.74 bits per heavy atom. The zero-order valence-electron chi connectivity index (χ0n) is 14.3. The van der Waals surface area contributed by atoms with Crippen molar-refractivity contribution in [1.29, 1.82) is 0 Å². The fourth-order valence-corrected chi connectivity index (χ4v) is 4.02. The van der Waals surface area contributed by atoms with Crippen molar-refractivity contribution in [2.24, 2.45) is 0 Å². The molecule has 0 saturated heterocycles. The number of ether oxygens (including phenoxy) is 1. The Morgan fingerprint density at radius 1 is 1.07 bits per heavy atom. The molecule has 3 rings (SSSR count). The van der Waals surface area contributed by atoms with Gasteiger partial charge in [-0.3, -0.25) is 9.52 Å². The number of amides is 1. The Bertz CT molecular complexity index is 1120. The lowest BCUT2D eigenvalue weighted by Crippen LogP contribution is -2.12. The number of nitrogens with zero attached hydrogens (tertiary/aromatic N) is 1. The van der Waals surface area contributed by atoms with Crippen molar-refractivity contribution in [1.82, 2.24) is 4.98 Å². The second-order valence-electron chi connectivity index (χ2n) is 5.60. The Labute approximate surface area is 159 Å². The highest BCUT2D eigenvalue weighted by Gasteiger charge is 2.12. The minimum atomic E-state index is -3.42. The minimum absolute atomic E-state index is 0.239. The van der Waals surface area contributed by atoms with Gasteiger partial charge in [-0.25, -0.2) is 18.2 Å². The molecule has 2 N–H and O–H groups in total. The number of sulfonamides is 1. The van der Waals surface area contributed by atoms with E-state index in [1.165, 1.54) is 7.11 Å². The second-order valence-corrected chi connectivity index (χ2v) is 8.38. The van der Waals surface area contributed by atoms with Crippen LogP contribution >= 0.6 is 11.3 Å². The van der Waals surface area contributed by atoms with Crippen LogP contribution in [0.5, 0.6) is 0 Å². The van der Waals surface area contributed by atoms with Crippen LogP contribution in [0.25, 0.3) is 10.2 Å². The number of methoxy groups -OCH3 is 1. The van der Waals surface area contributed by atoms with Crippen molar-refractivity contribution < 1.29 is 22.7 Å². The number of aromatic nitrogens is 1. The lowest BCUT2D eigenvalue weighted by atomic mass is 10.1. The van der Waals surface area contributed by atoms with E-state index in [1.54, 1.807) is 42.5 Å². The van der Waals surface area contributed by atoms with E-state index in [9.17, 15) is 18.0 Å². The highest BCUT2D eigenvalue weighted by atomic mass is 32.2. The largest absolute Gasteiger partial charge is 0.465 e. The summed E-state index contributed by atoms with van der Waals surface area (Å²) in [5.41, 5.74) is 1.89. The van der Waals surface area contributed by atoms with Crippen LogP contribution in [0, 0.1) is 0 Å². The van der Waals surface area contributed by atoms with E-state index in [0.717, 1.165) is 17.6 Å². The first kappa shape index (κ1) is 18.8. The summed E-state index contributed by atoms with van der Waals surface area (Å²) < 4.78 is 30.2. The fraction of sp³-hybridized carbons (Fsp3) is 0.118. The molecule has 3 aromatic rings. The molecule has 10 heteroatoms. The summed E-state index contributed by atoms with van der Waals surface area (Å²) in [4.78, 5) is 28.0. The molecule has 0 aliphatic rings. The van der Waals surface area contributed by atoms with Gasteiger partial charge in [0.15, 0.2) is 5.13 Å². The van der Waals surface area contributed by atoms with Gasteiger partial charge in [-0.15, -0.1) is 0 Å². The van der Waals surface area contributed by atoms with Gasteiger partial charge < -0.3 is 10.1 Å². The molecule has 0 radical (unpaired) electrons. The van der Waals surface area contributed by atoms with E-state index in [1.807, 2.05) is 0 Å². The summed E-state index contributed by atoms with van der Waals surface area (Å²) in [7, 11) is -2.12. The maximum Gasteiger partial charge on any atom is 0.337 e. The maximum absolute atomic E-state index is 12.4. The molecule has 0 aliphatic heterocycles. The van der Waals surface area contributed by atoms with Gasteiger partial charge in [0.2, 0.25) is 10.0 Å². The van der Waals surface area contributed by atoms with Crippen LogP contribution in [0.4, 0.5) is 10.8 Å². The van der Waals surface area contributed by atoms with Crippen molar-refractivity contribution in [3.8, 4) is 0 Å². The molecule has 8 nitrogen and oxygen atoms in total. The summed E-state index contributed by atoms with van der Waals surface area (Å²) >= 11 is 1.14. The van der Waals surface area contributed by atoms with Crippen LogP contribution in [0.15, 0.2) is 42.5 Å². The summed E-state index contributed by atoms with van der Waals surface area (Å²) in [6.07, 6.45) is 1.05. The first-order chi connectivity index (χ1) is 12.7. The Kier molecular flexibility index (Phi) is 5.10. The zero-order chi connectivity index (χ0) is 19.6. The van der Waals surface area contributed by atoms with E-state index in [4.69, 9.17) is 0 Å². The minimum Gasteiger partial charge on any atom is -0.465 e. The number of carbonyl (C=O) groups excluding carboxylic acids is 2. The van der Waals surface area contributed by atoms with Crippen molar-refractivity contribution in [3.05, 3.63) is 53.6 Å². The van der Waals surface area contributed by atoms with E-state index >= 15 is 0 Å². The predicted molar refractivity (Wildman–Crippen MR) is 104 cm³/mol. The number of nitrogens with one attached hydrogen (secondary N) is 2. The van der Waals surface area contributed by atoms with Gasteiger partial charge in [-0.1, -0.05) is 11.3 Å². The van der Waals surface area contributed by atoms with Crippen molar-refractivity contribution in [2.75, 3.05) is 23.4 Å². The summed E-state index contributed by atoms with van der Waals surface area (Å²) in [5, 5.41) is 2.97. The smallest absolute Gasteiger partial charge is 0.337 e. The lowest BCUT2D eigenvalue weighted by Gasteiger charge is -2.06. The van der Waals surface area contributed by atoms with Crippen LogP contribution in [0.3, 0.4) is 0 Å². The van der Waals surface area contributed by atoms with E-state index in [-0.39, 0.29) is 11.0 Å². The Morgan fingerprint density at radius 3 is 2.37 bits per heavy atom. The molecule has 0 aliphatic carbocycles. The molecule has 0 unspecified atom stereocenters. The predicted octanol–water partition coefficient (Wildman–Crippen LogP) is 2.71. The average molecular weight is 405 g/mol. The number of carbonyl (C=O) groups is 2. The van der Waals surface area contributed by atoms with Crippen LogP contribution in [-0.4, -0.2) is 38.6 Å². The van der Waals surface area contributed by atoms with Gasteiger partial charge in [0.1, 0.15) is 0 Å². The number of fused-ring (bicyclic) bond motifs is 1. The van der Waals surface area contributed by atoms with Gasteiger partial charge in [0, 0.05) is 11.3 Å². The van der Waals surface area contributed by atoms with E-state index < -0.39 is 16.0 Å². The standard InChI is InChI=1S/C17H15N3O5S2/c1-25-16(22)10-3-6-12(7-4-10)18-15(21)11-5-8-13-14(9-11)26-17(19-13)20-27(2,23)24/h3-9H,1-2H3,(H,18,21)(H,19,20). The number of anilines is 2. The van der Waals surface area contributed by atoms with Crippen LogP contribution in [0.2, 0.25) is 0 Å². The molecule has 1 aromatic heterocycles. The Hall–Kier alpha value is -2.98. The van der Waals surface area contributed by atoms with Gasteiger partial charge >= 0.3 is 5.97 Å². The molecule has 0 fully saturated rings.